The zero-order valence-corrected chi connectivity index (χ0v) is 21.6. The Bertz CT molecular complexity index is 1260. The van der Waals surface area contributed by atoms with E-state index >= 15 is 0 Å². The predicted molar refractivity (Wildman–Crippen MR) is 140 cm³/mol. The van der Waals surface area contributed by atoms with Crippen LogP contribution < -0.4 is 20.5 Å². The predicted octanol–water partition coefficient (Wildman–Crippen LogP) is 4.48. The van der Waals surface area contributed by atoms with Crippen LogP contribution in [-0.2, 0) is 11.3 Å². The van der Waals surface area contributed by atoms with E-state index in [2.05, 4.69) is 5.32 Å². The van der Waals surface area contributed by atoms with E-state index in [-0.39, 0.29) is 17.8 Å². The Hall–Kier alpha value is -3.46. The molecule has 9 nitrogen and oxygen atoms in total. The molecule has 4 rings (SSSR count). The number of urea groups is 1. The lowest BCUT2D eigenvalue weighted by atomic mass is 10.1. The minimum Gasteiger partial charge on any atom is -0.496 e. The number of fused-ring (bicyclic) bond motifs is 1. The van der Waals surface area contributed by atoms with Crippen LogP contribution in [0.1, 0.15) is 45.2 Å². The van der Waals surface area contributed by atoms with Crippen molar-refractivity contribution in [3.8, 4) is 11.5 Å². The van der Waals surface area contributed by atoms with Crippen LogP contribution in [0.15, 0.2) is 41.2 Å². The molecule has 0 atom stereocenters. The zero-order chi connectivity index (χ0) is 25.7. The van der Waals surface area contributed by atoms with E-state index in [1.165, 1.54) is 0 Å². The molecule has 1 aliphatic rings. The number of nitrogens with one attached hydrogen (secondary N) is 1. The average molecular weight is 497 g/mol. The van der Waals surface area contributed by atoms with Gasteiger partial charge >= 0.3 is 11.7 Å². The van der Waals surface area contributed by atoms with E-state index < -0.39 is 0 Å². The molecule has 0 unspecified atom stereocenters. The van der Waals surface area contributed by atoms with Crippen LogP contribution in [0.25, 0.3) is 11.0 Å². The van der Waals surface area contributed by atoms with Crippen LogP contribution >= 0.6 is 0 Å². The van der Waals surface area contributed by atoms with Gasteiger partial charge in [0, 0.05) is 55.7 Å². The zero-order valence-electron chi connectivity index (χ0n) is 21.6. The summed E-state index contributed by atoms with van der Waals surface area (Å²) in [6, 6.07) is 11.3. The maximum atomic E-state index is 13.8. The molecule has 0 bridgehead atoms. The third kappa shape index (κ3) is 5.21. The van der Waals surface area contributed by atoms with E-state index in [0.29, 0.717) is 50.9 Å². The fourth-order valence-electron chi connectivity index (χ4n) is 4.80. The molecule has 194 valence electrons. The highest BCUT2D eigenvalue weighted by atomic mass is 16.5. The van der Waals surface area contributed by atoms with Crippen LogP contribution in [0.3, 0.4) is 0 Å². The second kappa shape index (κ2) is 11.5. The topological polar surface area (TPSA) is 87.0 Å². The first-order chi connectivity index (χ1) is 17.5. The first-order valence-electron chi connectivity index (χ1n) is 12.7. The fourth-order valence-corrected chi connectivity index (χ4v) is 4.80. The molecule has 1 fully saturated rings. The van der Waals surface area contributed by atoms with Crippen molar-refractivity contribution in [3.05, 3.63) is 52.4 Å². The number of carbonyl (C=O) groups is 1. The molecule has 0 aliphatic carbocycles. The highest BCUT2D eigenvalue weighted by Gasteiger charge is 2.24. The number of imidazole rings is 1. The fraction of sp³-hybridized carbons (Fsp3) is 0.481. The van der Waals surface area contributed by atoms with E-state index in [0.717, 1.165) is 35.2 Å². The monoisotopic (exact) mass is 496 g/mol. The molecule has 2 aromatic carbocycles. The summed E-state index contributed by atoms with van der Waals surface area (Å²) >= 11 is 0. The number of nitrogens with zero attached hydrogens (tertiary/aromatic N) is 3. The summed E-state index contributed by atoms with van der Waals surface area (Å²) in [6.07, 6.45) is 1.59. The number of ether oxygens (including phenoxy) is 3. The van der Waals surface area contributed by atoms with Crippen molar-refractivity contribution in [3.63, 3.8) is 0 Å². The van der Waals surface area contributed by atoms with Gasteiger partial charge in [-0.15, -0.1) is 0 Å². The minimum atomic E-state index is -0.157. The maximum absolute atomic E-state index is 13.8. The molecule has 1 N–H and O–H groups in total. The Morgan fingerprint density at radius 2 is 1.83 bits per heavy atom. The van der Waals surface area contributed by atoms with Gasteiger partial charge in [0.2, 0.25) is 0 Å². The van der Waals surface area contributed by atoms with Crippen LogP contribution in [0.4, 0.5) is 10.5 Å². The highest BCUT2D eigenvalue weighted by Crippen LogP contribution is 2.30. The molecule has 0 radical (unpaired) electrons. The van der Waals surface area contributed by atoms with Gasteiger partial charge in [-0.05, 0) is 51.8 Å². The number of hydrogen-bond acceptors (Lipinski definition) is 5. The Morgan fingerprint density at radius 3 is 2.50 bits per heavy atom. The van der Waals surface area contributed by atoms with E-state index in [1.54, 1.807) is 22.6 Å². The lowest BCUT2D eigenvalue weighted by molar-refractivity contribution is 0.0696. The van der Waals surface area contributed by atoms with Crippen molar-refractivity contribution in [2.24, 2.45) is 0 Å². The normalized spacial score (nSPS) is 14.1. The van der Waals surface area contributed by atoms with Gasteiger partial charge < -0.3 is 24.4 Å². The van der Waals surface area contributed by atoms with E-state index in [9.17, 15) is 9.59 Å². The van der Waals surface area contributed by atoms with Gasteiger partial charge in [0.15, 0.2) is 0 Å². The summed E-state index contributed by atoms with van der Waals surface area (Å²) in [7, 11) is 1.59. The molecule has 1 aliphatic heterocycles. The number of anilines is 1. The molecule has 0 spiro atoms. The van der Waals surface area contributed by atoms with E-state index in [4.69, 9.17) is 14.2 Å². The van der Waals surface area contributed by atoms with E-state index in [1.807, 2.05) is 55.7 Å². The van der Waals surface area contributed by atoms with Gasteiger partial charge in [-0.1, -0.05) is 6.07 Å². The van der Waals surface area contributed by atoms with Crippen LogP contribution in [-0.4, -0.2) is 60.1 Å². The highest BCUT2D eigenvalue weighted by molar-refractivity contribution is 5.89. The molecule has 1 saturated heterocycles. The van der Waals surface area contributed by atoms with Gasteiger partial charge in [-0.25, -0.2) is 9.59 Å². The summed E-state index contributed by atoms with van der Waals surface area (Å²) in [6.45, 7) is 9.27. The summed E-state index contributed by atoms with van der Waals surface area (Å²) in [4.78, 5) is 27.9. The molecule has 9 heteroatoms. The molecule has 2 amide bonds. The second-order valence-electron chi connectivity index (χ2n) is 8.79. The second-order valence-corrected chi connectivity index (χ2v) is 8.79. The van der Waals surface area contributed by atoms with Gasteiger partial charge in [0.05, 0.1) is 31.3 Å². The molecule has 0 saturated carbocycles. The average Bonchev–Trinajstić information content (AvgIpc) is 3.16. The Labute approximate surface area is 211 Å². The van der Waals surface area contributed by atoms with Gasteiger partial charge in [-0.3, -0.25) is 9.13 Å². The number of aromatic nitrogens is 2. The summed E-state index contributed by atoms with van der Waals surface area (Å²) in [5, 5.41) is 2.92. The van der Waals surface area contributed by atoms with Crippen molar-refractivity contribution >= 4 is 22.8 Å². The first-order valence-corrected chi connectivity index (χ1v) is 12.7. The molecule has 1 aromatic heterocycles. The van der Waals surface area contributed by atoms with Gasteiger partial charge in [0.1, 0.15) is 11.5 Å². The number of carbonyl (C=O) groups excluding carboxylic acids is 1. The first kappa shape index (κ1) is 25.6. The number of benzene rings is 2. The number of hydrogen-bond donors (Lipinski definition) is 1. The summed E-state index contributed by atoms with van der Waals surface area (Å²) < 4.78 is 20.6. The van der Waals surface area contributed by atoms with Crippen molar-refractivity contribution in [1.82, 2.24) is 14.0 Å². The minimum absolute atomic E-state index is 0.0634. The molecular formula is C27H36N4O5. The Morgan fingerprint density at radius 1 is 1.08 bits per heavy atom. The van der Waals surface area contributed by atoms with Crippen molar-refractivity contribution in [1.29, 1.82) is 0 Å². The summed E-state index contributed by atoms with van der Waals surface area (Å²) in [5.74, 6) is 1.35. The number of amides is 2. The largest absolute Gasteiger partial charge is 0.496 e. The lowest BCUT2D eigenvalue weighted by Gasteiger charge is -2.23. The SMILES string of the molecule is CCOc1ccc2c(c1)n(C1CCOCC1)c(=O)n2Cc1ccc(NC(=O)N(CC)CC)cc1OC. The number of rotatable bonds is 9. The summed E-state index contributed by atoms with van der Waals surface area (Å²) in [5.41, 5.74) is 3.13. The lowest BCUT2D eigenvalue weighted by Crippen LogP contribution is -2.34. The van der Waals surface area contributed by atoms with Crippen molar-refractivity contribution < 1.29 is 19.0 Å². The maximum Gasteiger partial charge on any atom is 0.329 e. The molecule has 36 heavy (non-hydrogen) atoms. The van der Waals surface area contributed by atoms with Gasteiger partial charge in [-0.2, -0.15) is 0 Å². The molecular weight excluding hydrogens is 460 g/mol. The third-order valence-electron chi connectivity index (χ3n) is 6.72. The third-order valence-corrected chi connectivity index (χ3v) is 6.72. The van der Waals surface area contributed by atoms with Gasteiger partial charge in [0.25, 0.3) is 0 Å². The van der Waals surface area contributed by atoms with Crippen LogP contribution in [0.5, 0.6) is 11.5 Å². The Kier molecular flexibility index (Phi) is 8.20. The smallest absolute Gasteiger partial charge is 0.329 e. The van der Waals surface area contributed by atoms with Crippen LogP contribution in [0, 0.1) is 0 Å². The van der Waals surface area contributed by atoms with Crippen LogP contribution in [0.2, 0.25) is 0 Å². The van der Waals surface area contributed by atoms with Crippen molar-refractivity contribution in [2.45, 2.75) is 46.2 Å². The van der Waals surface area contributed by atoms with Crippen molar-refractivity contribution in [2.75, 3.05) is 45.3 Å². The molecule has 3 aromatic rings. The Balaban J connectivity index is 1.71. The molecule has 2 heterocycles. The standard InChI is InChI=1S/C27H36N4O5/c1-5-29(6-2)26(32)28-20-9-8-19(25(16-20)34-4)18-30-23-11-10-22(36-7-3)17-24(23)31(27(30)33)21-12-14-35-15-13-21/h8-11,16-17,21H,5-7,12-15,18H2,1-4H3,(H,28,32). The quantitative estimate of drug-likeness (QED) is 0.472. The number of methoxy groups -OCH3 is 1.